The monoisotopic (exact) mass is 698 g/mol. The van der Waals surface area contributed by atoms with Crippen LogP contribution in [0.15, 0.2) is 42.5 Å². The predicted molar refractivity (Wildman–Crippen MR) is 173 cm³/mol. The Kier molecular flexibility index (Phi) is 9.40. The third-order valence-electron chi connectivity index (χ3n) is 12.8. The number of aryl methyl sites for hydroxylation is 1. The van der Waals surface area contributed by atoms with Crippen molar-refractivity contribution < 1.29 is 45.3 Å². The summed E-state index contributed by atoms with van der Waals surface area (Å²) in [6.07, 6.45) is 1.18. The van der Waals surface area contributed by atoms with Gasteiger partial charge in [0.2, 0.25) is 0 Å². The molecule has 0 aliphatic heterocycles. The molecule has 11 heteroatoms. The van der Waals surface area contributed by atoms with Crippen LogP contribution in [-0.2, 0) is 16.3 Å². The van der Waals surface area contributed by atoms with Gasteiger partial charge < -0.3 is 14.9 Å². The van der Waals surface area contributed by atoms with Gasteiger partial charge in [-0.3, -0.25) is 0 Å². The number of ether oxygens (including phenoxy) is 1. The molecule has 0 amide bonds. The predicted octanol–water partition coefficient (Wildman–Crippen LogP) is 8.87. The minimum atomic E-state index is -5.67. The molecule has 2 bridgehead atoms. The molecule has 2 N–H and O–H groups in total. The SMILES string of the molecule is C[C@]12C[C@H](c3ccc(OCCCCCCS(=O)(=O)CCCC(F)(F)C(F)(F)F)cc3)[C@@H]3c4ccc(O)cc4CC[C@H]3[C@]13CC[C@]2(O)CC3. The molecule has 5 nitrogen and oxygen atoms in total. The highest BCUT2D eigenvalue weighted by Crippen LogP contribution is 2.79. The van der Waals surface area contributed by atoms with Gasteiger partial charge in [0.15, 0.2) is 0 Å². The molecule has 4 aliphatic rings. The molecule has 48 heavy (non-hydrogen) atoms. The number of rotatable bonds is 13. The lowest BCUT2D eigenvalue weighted by molar-refractivity contribution is -0.284. The van der Waals surface area contributed by atoms with Crippen molar-refractivity contribution in [1.82, 2.24) is 0 Å². The van der Waals surface area contributed by atoms with Crippen molar-refractivity contribution in [2.24, 2.45) is 16.7 Å². The number of sulfone groups is 1. The zero-order valence-electron chi connectivity index (χ0n) is 27.5. The number of hydrogen-bond acceptors (Lipinski definition) is 5. The van der Waals surface area contributed by atoms with Crippen LogP contribution in [0.1, 0.15) is 112 Å². The second kappa shape index (κ2) is 12.7. The normalized spacial score (nSPS) is 31.3. The Balaban J connectivity index is 1.02. The Morgan fingerprint density at radius 3 is 2.25 bits per heavy atom. The van der Waals surface area contributed by atoms with Gasteiger partial charge in [-0.05, 0) is 128 Å². The molecule has 3 fully saturated rings. The van der Waals surface area contributed by atoms with Gasteiger partial charge in [-0.2, -0.15) is 22.0 Å². The second-order valence-electron chi connectivity index (χ2n) is 15.2. The van der Waals surface area contributed by atoms with Gasteiger partial charge in [-0.15, -0.1) is 0 Å². The van der Waals surface area contributed by atoms with Crippen molar-refractivity contribution in [3.05, 3.63) is 59.2 Å². The molecule has 6 rings (SSSR count). The Morgan fingerprint density at radius 1 is 0.896 bits per heavy atom. The van der Waals surface area contributed by atoms with Gasteiger partial charge in [0, 0.05) is 11.8 Å². The molecule has 2 aromatic rings. The van der Waals surface area contributed by atoms with E-state index in [0.29, 0.717) is 49.9 Å². The fraction of sp³-hybridized carbons (Fsp3) is 0.676. The molecular weight excluding hydrogens is 651 g/mol. The number of benzene rings is 2. The van der Waals surface area contributed by atoms with Crippen LogP contribution < -0.4 is 4.74 Å². The molecule has 0 radical (unpaired) electrons. The largest absolute Gasteiger partial charge is 0.508 e. The number of phenols is 1. The highest BCUT2D eigenvalue weighted by molar-refractivity contribution is 7.91. The van der Waals surface area contributed by atoms with E-state index >= 15 is 0 Å². The van der Waals surface area contributed by atoms with Crippen molar-refractivity contribution >= 4 is 9.84 Å². The van der Waals surface area contributed by atoms with Crippen LogP contribution in [0, 0.1) is 16.7 Å². The number of alkyl halides is 5. The Hall–Kier alpha value is -2.40. The second-order valence-corrected chi connectivity index (χ2v) is 17.5. The Morgan fingerprint density at radius 2 is 1.56 bits per heavy atom. The minimum Gasteiger partial charge on any atom is -0.508 e. The van der Waals surface area contributed by atoms with Crippen LogP contribution in [-0.4, -0.2) is 54.4 Å². The molecule has 0 spiro atoms. The molecule has 4 atom stereocenters. The summed E-state index contributed by atoms with van der Waals surface area (Å²) in [6.45, 7) is 2.78. The van der Waals surface area contributed by atoms with Crippen molar-refractivity contribution in [2.75, 3.05) is 18.1 Å². The maximum Gasteiger partial charge on any atom is 0.453 e. The average molecular weight is 699 g/mol. The molecule has 0 heterocycles. The number of unbranched alkanes of at least 4 members (excludes halogenated alkanes) is 3. The fourth-order valence-electron chi connectivity index (χ4n) is 10.2. The van der Waals surface area contributed by atoms with Gasteiger partial charge in [0.1, 0.15) is 21.3 Å². The summed E-state index contributed by atoms with van der Waals surface area (Å²) in [6, 6.07) is 14.1. The molecule has 0 aromatic heterocycles. The number of halogens is 5. The summed E-state index contributed by atoms with van der Waals surface area (Å²) in [5, 5.41) is 22.1. The topological polar surface area (TPSA) is 83.8 Å². The van der Waals surface area contributed by atoms with E-state index in [-0.39, 0.29) is 22.5 Å². The molecular formula is C37H47F5O5S. The maximum absolute atomic E-state index is 13.0. The zero-order chi connectivity index (χ0) is 34.6. The van der Waals surface area contributed by atoms with E-state index in [2.05, 4.69) is 25.1 Å². The third kappa shape index (κ3) is 6.24. The lowest BCUT2D eigenvalue weighted by Gasteiger charge is -2.59. The summed E-state index contributed by atoms with van der Waals surface area (Å²) in [5.74, 6) is -3.74. The Bertz CT molecular complexity index is 1570. The smallest absolute Gasteiger partial charge is 0.453 e. The van der Waals surface area contributed by atoms with Gasteiger partial charge in [0.05, 0.1) is 23.7 Å². The standard InChI is InChI=1S/C37H47F5O5S/c1-33-24-30(32-29-13-10-27(43)23-26(29)9-14-31(32)34(33)16-18-35(33,44)19-17-34)25-7-11-28(12-8-25)47-20-4-2-3-5-21-48(45,46)22-6-15-36(38,39)37(40,41)42/h7-8,10-13,23,30-32,43-44H,2-6,9,14-22,24H2,1H3/t30-,31-,32+,33+,34-,35+/m1/s1. The first-order valence-electron chi connectivity index (χ1n) is 17.4. The number of phenolic OH excluding ortho intramolecular Hbond substituents is 1. The average Bonchev–Trinajstić information content (AvgIpc) is 3.39. The van der Waals surface area contributed by atoms with E-state index < -0.39 is 46.1 Å². The molecule has 2 aromatic carbocycles. The number of aliphatic hydroxyl groups is 1. The van der Waals surface area contributed by atoms with E-state index in [0.717, 1.165) is 50.7 Å². The molecule has 0 saturated heterocycles. The molecule has 3 saturated carbocycles. The first kappa shape index (κ1) is 35.4. The van der Waals surface area contributed by atoms with Crippen molar-refractivity contribution in [3.63, 3.8) is 0 Å². The summed E-state index contributed by atoms with van der Waals surface area (Å²) in [5.41, 5.74) is 3.18. The number of fused-ring (bicyclic) bond motifs is 3. The van der Waals surface area contributed by atoms with Crippen LogP contribution in [0.3, 0.4) is 0 Å². The lowest BCUT2D eigenvalue weighted by Crippen LogP contribution is -2.54. The molecule has 266 valence electrons. The summed E-state index contributed by atoms with van der Waals surface area (Å²) in [7, 11) is -3.70. The van der Waals surface area contributed by atoms with Gasteiger partial charge >= 0.3 is 12.1 Å². The van der Waals surface area contributed by atoms with Crippen LogP contribution in [0.25, 0.3) is 0 Å². The summed E-state index contributed by atoms with van der Waals surface area (Å²) >= 11 is 0. The van der Waals surface area contributed by atoms with Crippen molar-refractivity contribution in [1.29, 1.82) is 0 Å². The zero-order valence-corrected chi connectivity index (χ0v) is 28.3. The minimum absolute atomic E-state index is 0.139. The highest BCUT2D eigenvalue weighted by Gasteiger charge is 2.74. The van der Waals surface area contributed by atoms with E-state index in [1.165, 1.54) is 16.7 Å². The van der Waals surface area contributed by atoms with Crippen molar-refractivity contribution in [3.8, 4) is 11.5 Å². The quantitative estimate of drug-likeness (QED) is 0.161. The fourth-order valence-corrected chi connectivity index (χ4v) is 11.7. The summed E-state index contributed by atoms with van der Waals surface area (Å²) < 4.78 is 93.0. The van der Waals surface area contributed by atoms with Crippen LogP contribution in [0.4, 0.5) is 22.0 Å². The van der Waals surface area contributed by atoms with Gasteiger partial charge in [0.25, 0.3) is 0 Å². The first-order chi connectivity index (χ1) is 22.5. The van der Waals surface area contributed by atoms with Gasteiger partial charge in [-0.25, -0.2) is 8.42 Å². The highest BCUT2D eigenvalue weighted by atomic mass is 32.2. The first-order valence-corrected chi connectivity index (χ1v) is 19.3. The maximum atomic E-state index is 13.0. The third-order valence-corrected chi connectivity index (χ3v) is 14.6. The Labute approximate surface area is 280 Å². The van der Waals surface area contributed by atoms with Crippen LogP contribution in [0.5, 0.6) is 11.5 Å². The van der Waals surface area contributed by atoms with E-state index in [1.54, 1.807) is 0 Å². The number of hydrogen-bond donors (Lipinski definition) is 2. The van der Waals surface area contributed by atoms with Crippen molar-refractivity contribution in [2.45, 2.75) is 120 Å². The lowest BCUT2D eigenvalue weighted by atomic mass is 9.45. The van der Waals surface area contributed by atoms with Crippen LogP contribution >= 0.6 is 0 Å². The van der Waals surface area contributed by atoms with E-state index in [1.807, 2.05) is 24.3 Å². The van der Waals surface area contributed by atoms with Gasteiger partial charge in [-0.1, -0.05) is 38.0 Å². The van der Waals surface area contributed by atoms with E-state index in [4.69, 9.17) is 4.74 Å². The van der Waals surface area contributed by atoms with E-state index in [9.17, 15) is 40.6 Å². The summed E-state index contributed by atoms with van der Waals surface area (Å²) in [4.78, 5) is 0. The molecule has 4 aliphatic carbocycles. The molecule has 0 unspecified atom stereocenters. The number of aromatic hydroxyl groups is 1. The van der Waals surface area contributed by atoms with Crippen LogP contribution in [0.2, 0.25) is 0 Å².